The second-order valence-corrected chi connectivity index (χ2v) is 20.1. The van der Waals surface area contributed by atoms with E-state index in [4.69, 9.17) is 13.9 Å². The third-order valence-corrected chi connectivity index (χ3v) is 16.4. The van der Waals surface area contributed by atoms with Gasteiger partial charge in [-0.25, -0.2) is 0 Å². The number of aliphatic hydroxyl groups excluding tert-OH is 1. The van der Waals surface area contributed by atoms with Gasteiger partial charge in [0.1, 0.15) is 0 Å². The molecule has 0 amide bonds. The number of esters is 1. The normalized spacial score (nSPS) is 37.7. The van der Waals surface area contributed by atoms with E-state index in [1.165, 1.54) is 39.0 Å². The topological polar surface area (TPSA) is 65.0 Å². The van der Waals surface area contributed by atoms with E-state index in [-0.39, 0.29) is 28.6 Å². The highest BCUT2D eigenvalue weighted by molar-refractivity contribution is 6.74. The lowest BCUT2D eigenvalue weighted by Gasteiger charge is -2.45. The summed E-state index contributed by atoms with van der Waals surface area (Å²) in [6.45, 7) is 26.3. The van der Waals surface area contributed by atoms with Crippen molar-refractivity contribution >= 4 is 14.3 Å². The molecule has 0 aliphatic heterocycles. The van der Waals surface area contributed by atoms with Crippen LogP contribution in [0.1, 0.15) is 107 Å². The van der Waals surface area contributed by atoms with Crippen LogP contribution in [0.2, 0.25) is 18.1 Å². The Balaban J connectivity index is 0.000000810. The van der Waals surface area contributed by atoms with Crippen LogP contribution in [0.15, 0.2) is 11.6 Å². The van der Waals surface area contributed by atoms with Crippen LogP contribution >= 0.6 is 0 Å². The highest BCUT2D eigenvalue weighted by Gasteiger charge is 2.69. The third kappa shape index (κ3) is 6.76. The van der Waals surface area contributed by atoms with Crippen LogP contribution < -0.4 is 0 Å². The van der Waals surface area contributed by atoms with Gasteiger partial charge >= 0.3 is 5.97 Å². The molecule has 0 aromatic carbocycles. The third-order valence-electron chi connectivity index (χ3n) is 11.9. The van der Waals surface area contributed by atoms with Gasteiger partial charge in [0.2, 0.25) is 0 Å². The van der Waals surface area contributed by atoms with Gasteiger partial charge in [-0.05, 0) is 112 Å². The standard InChI is InChI=1S/C30H52O4Si.C4H10O/c1-19(18-33-21(3)31)24-12-13-25-22(11-10-14-29(24,25)7)15-20(2)30-17-23(30)16-26(27(30)32)34-35(8,9)28(4,5)6;1-3-5-4-2/h15,19-20,23-27,32H,10-14,16-18H2,1-9H3;3-4H2,1-2H3/b22-15+;/t19-,20-,23?,24-,25+,26+,27?,29-,30-;/m1./s1. The predicted molar refractivity (Wildman–Crippen MR) is 167 cm³/mol. The zero-order valence-electron chi connectivity index (χ0n) is 27.8. The zero-order chi connectivity index (χ0) is 30.1. The molecule has 4 aliphatic carbocycles. The van der Waals surface area contributed by atoms with Gasteiger partial charge in [0.15, 0.2) is 8.32 Å². The summed E-state index contributed by atoms with van der Waals surface area (Å²) in [6.07, 6.45) is 10.6. The number of aliphatic hydroxyl groups is 1. The van der Waals surface area contributed by atoms with Crippen molar-refractivity contribution in [3.05, 3.63) is 11.6 Å². The first-order valence-electron chi connectivity index (χ1n) is 16.3. The maximum atomic E-state index is 11.6. The number of rotatable bonds is 9. The van der Waals surface area contributed by atoms with E-state index in [9.17, 15) is 9.90 Å². The van der Waals surface area contributed by atoms with Crippen molar-refractivity contribution in [2.24, 2.45) is 40.4 Å². The van der Waals surface area contributed by atoms with Crippen LogP contribution in [0.25, 0.3) is 0 Å². The first-order chi connectivity index (χ1) is 18.5. The van der Waals surface area contributed by atoms with Gasteiger partial charge in [-0.3, -0.25) is 4.79 Å². The molecule has 0 saturated heterocycles. The van der Waals surface area contributed by atoms with Crippen molar-refractivity contribution in [3.8, 4) is 0 Å². The van der Waals surface area contributed by atoms with E-state index >= 15 is 0 Å². The fraction of sp³-hybridized carbons (Fsp3) is 0.912. The van der Waals surface area contributed by atoms with E-state index in [1.54, 1.807) is 5.57 Å². The molecule has 4 aliphatic rings. The van der Waals surface area contributed by atoms with Crippen molar-refractivity contribution in [2.75, 3.05) is 19.8 Å². The first-order valence-corrected chi connectivity index (χ1v) is 19.2. The van der Waals surface area contributed by atoms with Gasteiger partial charge in [0, 0.05) is 25.6 Å². The maximum absolute atomic E-state index is 11.6. The Kier molecular flexibility index (Phi) is 10.9. The average molecular weight is 579 g/mol. The fourth-order valence-corrected chi connectivity index (χ4v) is 9.88. The maximum Gasteiger partial charge on any atom is 0.302 e. The van der Waals surface area contributed by atoms with Gasteiger partial charge < -0.3 is 19.0 Å². The Labute approximate surface area is 247 Å². The lowest BCUT2D eigenvalue weighted by molar-refractivity contribution is -0.143. The Morgan fingerprint density at radius 2 is 1.82 bits per heavy atom. The summed E-state index contributed by atoms with van der Waals surface area (Å²) in [6, 6.07) is 0. The fourth-order valence-electron chi connectivity index (χ4n) is 8.54. The van der Waals surface area contributed by atoms with Gasteiger partial charge in [-0.15, -0.1) is 0 Å². The molecule has 9 atom stereocenters. The molecule has 0 heterocycles. The number of hydrogen-bond donors (Lipinski definition) is 1. The lowest BCUT2D eigenvalue weighted by atomic mass is 9.61. The van der Waals surface area contributed by atoms with Crippen LogP contribution in [-0.2, 0) is 18.7 Å². The van der Waals surface area contributed by atoms with E-state index in [0.717, 1.165) is 26.1 Å². The summed E-state index contributed by atoms with van der Waals surface area (Å²) >= 11 is 0. The van der Waals surface area contributed by atoms with Gasteiger partial charge in [0.25, 0.3) is 0 Å². The second kappa shape index (κ2) is 12.9. The molecular weight excluding hydrogens is 516 g/mol. The average Bonchev–Trinajstić information content (AvgIpc) is 3.37. The van der Waals surface area contributed by atoms with E-state index < -0.39 is 8.32 Å². The molecule has 4 saturated carbocycles. The first kappa shape index (κ1) is 33.8. The quantitative estimate of drug-likeness (QED) is 0.170. The van der Waals surface area contributed by atoms with Crippen molar-refractivity contribution in [3.63, 3.8) is 0 Å². The number of hydrogen-bond acceptors (Lipinski definition) is 5. The summed E-state index contributed by atoms with van der Waals surface area (Å²) in [7, 11) is -1.90. The number of carbonyl (C=O) groups is 1. The van der Waals surface area contributed by atoms with E-state index in [0.29, 0.717) is 41.6 Å². The van der Waals surface area contributed by atoms with Crippen LogP contribution in [0, 0.1) is 40.4 Å². The summed E-state index contributed by atoms with van der Waals surface area (Å²) in [5.41, 5.74) is 1.97. The van der Waals surface area contributed by atoms with Crippen LogP contribution in [0.3, 0.4) is 0 Å². The lowest BCUT2D eigenvalue weighted by Crippen LogP contribution is -2.47. The molecule has 4 fully saturated rings. The monoisotopic (exact) mass is 578 g/mol. The van der Waals surface area contributed by atoms with Crippen molar-refractivity contribution in [1.29, 1.82) is 0 Å². The predicted octanol–water partition coefficient (Wildman–Crippen LogP) is 8.17. The number of fused-ring (bicyclic) bond motifs is 2. The van der Waals surface area contributed by atoms with E-state index in [1.807, 2.05) is 13.8 Å². The molecule has 2 unspecified atom stereocenters. The van der Waals surface area contributed by atoms with Gasteiger partial charge in [-0.2, -0.15) is 0 Å². The summed E-state index contributed by atoms with van der Waals surface area (Å²) in [4.78, 5) is 11.4. The number of carbonyl (C=O) groups excluding carboxylic acids is 1. The highest BCUT2D eigenvalue weighted by atomic mass is 28.4. The molecule has 1 N–H and O–H groups in total. The molecule has 6 heteroatoms. The van der Waals surface area contributed by atoms with Crippen molar-refractivity contribution in [2.45, 2.75) is 138 Å². The van der Waals surface area contributed by atoms with E-state index in [2.05, 4.69) is 60.7 Å². The molecule has 4 rings (SSSR count). The molecule has 0 aromatic heterocycles. The largest absolute Gasteiger partial charge is 0.466 e. The van der Waals surface area contributed by atoms with Gasteiger partial charge in [-0.1, -0.05) is 53.2 Å². The Morgan fingerprint density at radius 1 is 1.18 bits per heavy atom. The summed E-state index contributed by atoms with van der Waals surface area (Å²) in [5.74, 6) is 2.48. The zero-order valence-corrected chi connectivity index (χ0v) is 28.8. The highest BCUT2D eigenvalue weighted by Crippen LogP contribution is 2.69. The van der Waals surface area contributed by atoms with Crippen LogP contribution in [-0.4, -0.2) is 51.4 Å². The molecule has 0 bridgehead atoms. The second-order valence-electron chi connectivity index (χ2n) is 15.3. The number of ether oxygens (including phenoxy) is 2. The van der Waals surface area contributed by atoms with Crippen LogP contribution in [0.4, 0.5) is 0 Å². The Hall–Kier alpha value is -0.693. The molecule has 232 valence electrons. The summed E-state index contributed by atoms with van der Waals surface area (Å²) < 4.78 is 17.0. The molecule has 0 spiro atoms. The summed E-state index contributed by atoms with van der Waals surface area (Å²) in [5, 5.41) is 11.7. The smallest absolute Gasteiger partial charge is 0.302 e. The SMILES string of the molecule is CC(=O)OC[C@@H](C)[C@H]1CC[C@H]2/C(=C/[C@@H](C)[C@]34CC3C[C@H](O[Si](C)(C)C(C)(C)C)C4O)CCC[C@]12C.CCOCC. The van der Waals surface area contributed by atoms with Gasteiger partial charge in [0.05, 0.1) is 18.8 Å². The minimum atomic E-state index is -1.90. The Morgan fingerprint density at radius 3 is 2.38 bits per heavy atom. The molecule has 0 radical (unpaired) electrons. The minimum Gasteiger partial charge on any atom is -0.466 e. The minimum absolute atomic E-state index is 0.00472. The molecular formula is C34H62O5Si. The van der Waals surface area contributed by atoms with Crippen LogP contribution in [0.5, 0.6) is 0 Å². The molecule has 40 heavy (non-hydrogen) atoms. The van der Waals surface area contributed by atoms with Crippen molar-refractivity contribution < 1.29 is 23.8 Å². The Bertz CT molecular complexity index is 891. The molecule has 0 aromatic rings. The molecule has 5 nitrogen and oxygen atoms in total. The van der Waals surface area contributed by atoms with Crippen molar-refractivity contribution in [1.82, 2.24) is 0 Å². The number of allylic oxidation sites excluding steroid dienone is 2.